The molecule has 222 valence electrons. The molecule has 3 fully saturated rings. The maximum Gasteiger partial charge on any atom is 0.237 e. The minimum absolute atomic E-state index is 0.0809. The molecule has 6 rings (SSSR count). The van der Waals surface area contributed by atoms with E-state index in [1.165, 1.54) is 49.7 Å². The molecule has 1 N–H and O–H groups in total. The molecular weight excluding hydrogens is 522 g/mol. The Morgan fingerprint density at radius 1 is 0.762 bits per heavy atom. The lowest BCUT2D eigenvalue weighted by molar-refractivity contribution is -0.135. The highest BCUT2D eigenvalue weighted by atomic mass is 16.3. The zero-order chi connectivity index (χ0) is 29.3. The summed E-state index contributed by atoms with van der Waals surface area (Å²) in [6, 6.07) is 26.5. The summed E-state index contributed by atoms with van der Waals surface area (Å²) in [7, 11) is 0. The fraction of sp³-hybridized carbons (Fsp3) is 0.444. The summed E-state index contributed by atoms with van der Waals surface area (Å²) in [4.78, 5) is 30.7. The van der Waals surface area contributed by atoms with E-state index in [1.807, 2.05) is 21.9 Å². The van der Waals surface area contributed by atoms with Crippen LogP contribution in [-0.2, 0) is 29.1 Å². The van der Waals surface area contributed by atoms with Crippen LogP contribution in [0.5, 0.6) is 5.75 Å². The molecule has 3 aliphatic rings. The lowest BCUT2D eigenvalue weighted by Crippen LogP contribution is -2.51. The van der Waals surface area contributed by atoms with Crippen LogP contribution >= 0.6 is 0 Å². The Balaban J connectivity index is 0.000000295. The lowest BCUT2D eigenvalue weighted by Gasteiger charge is -2.35. The smallest absolute Gasteiger partial charge is 0.237 e. The van der Waals surface area contributed by atoms with Crippen LogP contribution in [0, 0.1) is 5.92 Å². The second kappa shape index (κ2) is 14.5. The van der Waals surface area contributed by atoms with Gasteiger partial charge >= 0.3 is 0 Å². The Morgan fingerprint density at radius 3 is 1.88 bits per heavy atom. The van der Waals surface area contributed by atoms with Gasteiger partial charge in [0.15, 0.2) is 0 Å². The van der Waals surface area contributed by atoms with Crippen LogP contribution in [0.2, 0.25) is 0 Å². The monoisotopic (exact) mass is 567 g/mol. The number of piperazine rings is 1. The fourth-order valence-electron chi connectivity index (χ4n) is 5.69. The van der Waals surface area contributed by atoms with E-state index in [4.69, 9.17) is 0 Å². The van der Waals surface area contributed by atoms with Crippen molar-refractivity contribution in [1.29, 1.82) is 0 Å². The molecule has 2 aliphatic carbocycles. The van der Waals surface area contributed by atoms with Crippen molar-refractivity contribution >= 4 is 11.8 Å². The average Bonchev–Trinajstić information content (AvgIpc) is 3.79. The second-order valence-electron chi connectivity index (χ2n) is 12.2. The molecule has 0 atom stereocenters. The molecule has 2 amide bonds. The molecule has 1 aliphatic heterocycles. The molecule has 0 spiro atoms. The highest BCUT2D eigenvalue weighted by Gasteiger charge is 2.24. The molecule has 2 saturated carbocycles. The molecular formula is C36H45N3O3. The quantitative estimate of drug-likeness (QED) is 0.345. The average molecular weight is 568 g/mol. The topological polar surface area (TPSA) is 64.1 Å². The number of carbonyl (C=O) groups excluding carboxylic acids is 2. The van der Waals surface area contributed by atoms with Gasteiger partial charge in [0, 0.05) is 46.2 Å². The molecule has 0 radical (unpaired) electrons. The van der Waals surface area contributed by atoms with Crippen LogP contribution in [0.4, 0.5) is 0 Å². The van der Waals surface area contributed by atoms with Crippen LogP contribution in [0.3, 0.4) is 0 Å². The Hall–Kier alpha value is -3.64. The van der Waals surface area contributed by atoms with Gasteiger partial charge in [0.1, 0.15) is 5.75 Å². The normalized spacial score (nSPS) is 17.1. The maximum atomic E-state index is 13.3. The van der Waals surface area contributed by atoms with Gasteiger partial charge in [-0.2, -0.15) is 0 Å². The molecule has 0 aromatic heterocycles. The number of aromatic hydroxyl groups is 1. The lowest BCUT2D eigenvalue weighted by atomic mass is 9.80. The van der Waals surface area contributed by atoms with Gasteiger partial charge in [-0.25, -0.2) is 0 Å². The van der Waals surface area contributed by atoms with Crippen molar-refractivity contribution in [3.63, 3.8) is 0 Å². The van der Waals surface area contributed by atoms with E-state index in [1.54, 1.807) is 19.1 Å². The summed E-state index contributed by atoms with van der Waals surface area (Å²) in [5.74, 6) is 2.11. The first-order chi connectivity index (χ1) is 20.4. The van der Waals surface area contributed by atoms with Crippen LogP contribution in [0.1, 0.15) is 67.2 Å². The molecule has 1 saturated heterocycles. The van der Waals surface area contributed by atoms with Crippen molar-refractivity contribution in [2.75, 3.05) is 32.7 Å². The van der Waals surface area contributed by atoms with Crippen molar-refractivity contribution in [3.8, 4) is 5.75 Å². The first-order valence-electron chi connectivity index (χ1n) is 15.6. The Morgan fingerprint density at radius 2 is 1.36 bits per heavy atom. The van der Waals surface area contributed by atoms with Crippen molar-refractivity contribution in [3.05, 3.63) is 101 Å². The standard InChI is InChI=1S/C26H33N3O3.C10H12/c1-20(30)28-15-13-27(14-16-28)19-26(32)29(18-22-7-11-25(31)12-8-22)17-21-5-9-24(10-6-21)23-3-2-4-23;1-2-4-9(5-3-1)8-10-6-7-10/h5-12,23,31H,2-4,13-19H2,1H3;1-5,10H,6-8H2. The number of phenols is 1. The molecule has 6 nitrogen and oxygen atoms in total. The Labute approximate surface area is 250 Å². The summed E-state index contributed by atoms with van der Waals surface area (Å²) in [6.45, 7) is 5.77. The predicted molar refractivity (Wildman–Crippen MR) is 167 cm³/mol. The third kappa shape index (κ3) is 8.93. The first kappa shape index (κ1) is 29.8. The van der Waals surface area contributed by atoms with E-state index >= 15 is 0 Å². The van der Waals surface area contributed by atoms with Gasteiger partial charge < -0.3 is 14.9 Å². The van der Waals surface area contributed by atoms with Crippen LogP contribution < -0.4 is 0 Å². The minimum Gasteiger partial charge on any atom is -0.508 e. The number of rotatable bonds is 9. The number of phenolic OH excluding ortho intramolecular Hbond substituents is 1. The van der Waals surface area contributed by atoms with E-state index < -0.39 is 0 Å². The highest BCUT2D eigenvalue weighted by molar-refractivity contribution is 5.78. The molecule has 42 heavy (non-hydrogen) atoms. The van der Waals surface area contributed by atoms with Crippen molar-refractivity contribution in [2.24, 2.45) is 5.92 Å². The van der Waals surface area contributed by atoms with Crippen LogP contribution in [-0.4, -0.2) is 64.3 Å². The molecule has 0 unspecified atom stereocenters. The SMILES string of the molecule is CC(=O)N1CCN(CC(=O)N(Cc2ccc(O)cc2)Cc2ccc(C3CCC3)cc2)CC1.c1ccc(CC2CC2)cc1. The Kier molecular flexibility index (Phi) is 10.3. The van der Waals surface area contributed by atoms with E-state index in [-0.39, 0.29) is 17.6 Å². The molecule has 3 aromatic carbocycles. The fourth-order valence-corrected chi connectivity index (χ4v) is 5.69. The van der Waals surface area contributed by atoms with Gasteiger partial charge in [-0.05, 0) is 78.3 Å². The number of benzene rings is 3. The van der Waals surface area contributed by atoms with Gasteiger partial charge in [-0.15, -0.1) is 0 Å². The summed E-state index contributed by atoms with van der Waals surface area (Å²) in [5, 5.41) is 9.59. The maximum absolute atomic E-state index is 13.3. The first-order valence-corrected chi connectivity index (χ1v) is 15.6. The number of carbonyl (C=O) groups is 2. The van der Waals surface area contributed by atoms with E-state index in [9.17, 15) is 14.7 Å². The van der Waals surface area contributed by atoms with Gasteiger partial charge in [-0.3, -0.25) is 14.5 Å². The number of amides is 2. The molecule has 6 heteroatoms. The summed E-state index contributed by atoms with van der Waals surface area (Å²) in [6.07, 6.45) is 8.09. The second-order valence-corrected chi connectivity index (χ2v) is 12.2. The third-order valence-corrected chi connectivity index (χ3v) is 8.83. The van der Waals surface area contributed by atoms with E-state index in [0.717, 1.165) is 17.0 Å². The molecule has 0 bridgehead atoms. The molecule has 3 aromatic rings. The van der Waals surface area contributed by atoms with Crippen LogP contribution in [0.25, 0.3) is 0 Å². The van der Waals surface area contributed by atoms with Gasteiger partial charge in [0.2, 0.25) is 11.8 Å². The van der Waals surface area contributed by atoms with Gasteiger partial charge in [0.05, 0.1) is 6.54 Å². The van der Waals surface area contributed by atoms with Crippen molar-refractivity contribution < 1.29 is 14.7 Å². The predicted octanol–water partition coefficient (Wildman–Crippen LogP) is 5.99. The minimum atomic E-state index is 0.0809. The number of hydrogen-bond acceptors (Lipinski definition) is 4. The largest absolute Gasteiger partial charge is 0.508 e. The van der Waals surface area contributed by atoms with Crippen molar-refractivity contribution in [2.45, 2.75) is 64.5 Å². The Bertz CT molecular complexity index is 1280. The zero-order valence-corrected chi connectivity index (χ0v) is 25.0. The summed E-state index contributed by atoms with van der Waals surface area (Å²) < 4.78 is 0. The van der Waals surface area contributed by atoms with Gasteiger partial charge in [0.25, 0.3) is 0 Å². The molecule has 1 heterocycles. The highest BCUT2D eigenvalue weighted by Crippen LogP contribution is 2.36. The van der Waals surface area contributed by atoms with E-state index in [0.29, 0.717) is 51.7 Å². The number of hydrogen-bond donors (Lipinski definition) is 1. The van der Waals surface area contributed by atoms with Crippen LogP contribution in [0.15, 0.2) is 78.9 Å². The third-order valence-electron chi connectivity index (χ3n) is 8.83. The van der Waals surface area contributed by atoms with Crippen molar-refractivity contribution in [1.82, 2.24) is 14.7 Å². The number of nitrogens with zero attached hydrogens (tertiary/aromatic N) is 3. The summed E-state index contributed by atoms with van der Waals surface area (Å²) in [5.41, 5.74) is 5.02. The zero-order valence-electron chi connectivity index (χ0n) is 25.0. The van der Waals surface area contributed by atoms with Gasteiger partial charge in [-0.1, -0.05) is 73.2 Å². The van der Waals surface area contributed by atoms with E-state index in [2.05, 4.69) is 59.5 Å². The summed E-state index contributed by atoms with van der Waals surface area (Å²) >= 11 is 0.